The second kappa shape index (κ2) is 10.9. The molecule has 1 fully saturated rings. The van der Waals surface area contributed by atoms with Crippen LogP contribution in [0, 0.1) is 5.82 Å². The number of amides is 1. The third kappa shape index (κ3) is 5.02. The number of ketones is 1. The second-order valence-corrected chi connectivity index (χ2v) is 10.8. The minimum atomic E-state index is -1.01. The van der Waals surface area contributed by atoms with E-state index < -0.39 is 29.3 Å². The van der Waals surface area contributed by atoms with E-state index in [1.807, 2.05) is 18.2 Å². The van der Waals surface area contributed by atoms with E-state index in [2.05, 4.69) is 10.2 Å². The van der Waals surface area contributed by atoms with E-state index in [4.69, 9.17) is 16.3 Å². The first-order chi connectivity index (χ1) is 18.4. The maximum Gasteiger partial charge on any atom is 0.301 e. The number of carbonyl (C=O) groups excluding carboxylic acids is 2. The fraction of sp³-hybridized carbons (Fsp3) is 0.111. The van der Waals surface area contributed by atoms with Gasteiger partial charge in [-0.05, 0) is 53.6 Å². The van der Waals surface area contributed by atoms with Gasteiger partial charge in [-0.3, -0.25) is 14.5 Å². The Morgan fingerprint density at radius 1 is 1.11 bits per heavy atom. The van der Waals surface area contributed by atoms with Crippen LogP contribution in [0.5, 0.6) is 5.75 Å². The number of thioether (sulfide) groups is 1. The first-order valence-corrected chi connectivity index (χ1v) is 13.5. The smallest absolute Gasteiger partial charge is 0.301 e. The molecule has 1 aliphatic rings. The lowest BCUT2D eigenvalue weighted by Crippen LogP contribution is -2.29. The van der Waals surface area contributed by atoms with Crippen LogP contribution in [0.4, 0.5) is 9.52 Å². The van der Waals surface area contributed by atoms with Crippen LogP contribution in [-0.4, -0.2) is 34.1 Å². The van der Waals surface area contributed by atoms with Crippen molar-refractivity contribution < 1.29 is 23.8 Å². The van der Waals surface area contributed by atoms with Crippen molar-refractivity contribution in [1.29, 1.82) is 0 Å². The average molecular weight is 568 g/mol. The Hall–Kier alpha value is -3.73. The van der Waals surface area contributed by atoms with E-state index in [1.54, 1.807) is 30.3 Å². The standard InChI is InChI=1S/C27H19ClFN3O4S2/c1-36-19-7-4-6-16(13-19)22-21(23(33)15-9-11-18(29)12-10-15)24(34)25(35)32(22)26-30-31-27(38-26)37-14-17-5-2-3-8-20(17)28/h2-13,22,33H,14H2,1H3/b23-21-. The number of aliphatic hydroxyl groups is 1. The molecular weight excluding hydrogens is 549 g/mol. The summed E-state index contributed by atoms with van der Waals surface area (Å²) in [4.78, 5) is 27.8. The highest BCUT2D eigenvalue weighted by Gasteiger charge is 2.48. The molecule has 0 spiro atoms. The number of Topliss-reactive ketones (excluding diaryl/α,β-unsaturated/α-hetero) is 1. The topological polar surface area (TPSA) is 92.6 Å². The fourth-order valence-corrected chi connectivity index (χ4v) is 6.19. The Labute approximate surface area is 230 Å². The minimum Gasteiger partial charge on any atom is -0.507 e. The zero-order chi connectivity index (χ0) is 26.8. The molecule has 38 heavy (non-hydrogen) atoms. The van der Waals surface area contributed by atoms with Crippen LogP contribution in [0.15, 0.2) is 82.7 Å². The van der Waals surface area contributed by atoms with E-state index in [0.29, 0.717) is 26.4 Å². The Morgan fingerprint density at radius 3 is 2.61 bits per heavy atom. The summed E-state index contributed by atoms with van der Waals surface area (Å²) < 4.78 is 19.4. The number of hydrogen-bond acceptors (Lipinski definition) is 8. The number of carbonyl (C=O) groups is 2. The molecule has 1 amide bonds. The van der Waals surface area contributed by atoms with Crippen molar-refractivity contribution in [3.63, 3.8) is 0 Å². The van der Waals surface area contributed by atoms with Crippen molar-refractivity contribution in [2.45, 2.75) is 16.1 Å². The van der Waals surface area contributed by atoms with E-state index in [-0.39, 0.29) is 16.3 Å². The van der Waals surface area contributed by atoms with Gasteiger partial charge in [-0.25, -0.2) is 4.39 Å². The zero-order valence-electron chi connectivity index (χ0n) is 19.8. The molecule has 1 unspecified atom stereocenters. The quantitative estimate of drug-likeness (QED) is 0.0926. The predicted molar refractivity (Wildman–Crippen MR) is 145 cm³/mol. The van der Waals surface area contributed by atoms with Gasteiger partial charge in [-0.15, -0.1) is 10.2 Å². The van der Waals surface area contributed by atoms with Crippen molar-refractivity contribution in [3.05, 3.63) is 106 Å². The van der Waals surface area contributed by atoms with Crippen LogP contribution < -0.4 is 9.64 Å². The number of methoxy groups -OCH3 is 1. The van der Waals surface area contributed by atoms with Crippen molar-refractivity contribution in [2.24, 2.45) is 0 Å². The van der Waals surface area contributed by atoms with E-state index in [1.165, 1.54) is 48.0 Å². The van der Waals surface area contributed by atoms with Gasteiger partial charge in [0.15, 0.2) is 4.34 Å². The predicted octanol–water partition coefficient (Wildman–Crippen LogP) is 6.26. The van der Waals surface area contributed by atoms with Crippen LogP contribution in [0.1, 0.15) is 22.7 Å². The number of halogens is 2. The third-order valence-electron chi connectivity index (χ3n) is 5.88. The molecule has 1 atom stereocenters. The molecule has 3 aromatic carbocycles. The number of nitrogens with zero attached hydrogens (tertiary/aromatic N) is 3. The van der Waals surface area contributed by atoms with Gasteiger partial charge in [0.1, 0.15) is 17.3 Å². The molecule has 0 saturated carbocycles. The average Bonchev–Trinajstić information content (AvgIpc) is 3.50. The maximum atomic E-state index is 13.5. The lowest BCUT2D eigenvalue weighted by atomic mass is 9.95. The number of benzene rings is 3. The first kappa shape index (κ1) is 25.9. The number of hydrogen-bond donors (Lipinski definition) is 1. The van der Waals surface area contributed by atoms with Gasteiger partial charge in [-0.2, -0.15) is 0 Å². The number of aliphatic hydroxyl groups excluding tert-OH is 1. The Kier molecular flexibility index (Phi) is 7.46. The van der Waals surface area contributed by atoms with Crippen molar-refractivity contribution in [2.75, 3.05) is 12.0 Å². The van der Waals surface area contributed by atoms with Gasteiger partial charge in [0.2, 0.25) is 5.13 Å². The Bertz CT molecular complexity index is 1560. The molecule has 1 aliphatic heterocycles. The summed E-state index contributed by atoms with van der Waals surface area (Å²) in [6, 6.07) is 18.3. The van der Waals surface area contributed by atoms with E-state index in [9.17, 15) is 19.1 Å². The van der Waals surface area contributed by atoms with Crippen molar-refractivity contribution in [3.8, 4) is 5.75 Å². The lowest BCUT2D eigenvalue weighted by molar-refractivity contribution is -0.132. The molecule has 192 valence electrons. The number of ether oxygens (including phenoxy) is 1. The van der Waals surface area contributed by atoms with Gasteiger partial charge >= 0.3 is 5.91 Å². The molecule has 1 saturated heterocycles. The lowest BCUT2D eigenvalue weighted by Gasteiger charge is -2.22. The molecule has 11 heteroatoms. The third-order valence-corrected chi connectivity index (χ3v) is 8.36. The van der Waals surface area contributed by atoms with Crippen LogP contribution in [0.25, 0.3) is 5.76 Å². The molecule has 2 heterocycles. The van der Waals surface area contributed by atoms with Crippen LogP contribution in [-0.2, 0) is 15.3 Å². The van der Waals surface area contributed by atoms with Crippen LogP contribution in [0.2, 0.25) is 5.02 Å². The molecule has 7 nitrogen and oxygen atoms in total. The summed E-state index contributed by atoms with van der Waals surface area (Å²) in [5, 5.41) is 20.4. The second-order valence-electron chi connectivity index (χ2n) is 8.18. The van der Waals surface area contributed by atoms with Gasteiger partial charge < -0.3 is 9.84 Å². The number of anilines is 1. The van der Waals surface area contributed by atoms with E-state index >= 15 is 0 Å². The van der Waals surface area contributed by atoms with Crippen LogP contribution in [0.3, 0.4) is 0 Å². The van der Waals surface area contributed by atoms with Gasteiger partial charge in [0.05, 0.1) is 18.7 Å². The molecule has 4 aromatic rings. The minimum absolute atomic E-state index is 0.143. The monoisotopic (exact) mass is 567 g/mol. The summed E-state index contributed by atoms with van der Waals surface area (Å²) >= 11 is 8.80. The SMILES string of the molecule is COc1cccc(C2/C(=C(/O)c3ccc(F)cc3)C(=O)C(=O)N2c2nnc(SCc3ccccc3Cl)s2)c1. The fourth-order valence-electron chi connectivity index (χ4n) is 4.03. The molecular formula is C27H19ClFN3O4S2. The number of aromatic nitrogens is 2. The molecule has 0 aliphatic carbocycles. The first-order valence-electron chi connectivity index (χ1n) is 11.3. The van der Waals surface area contributed by atoms with Gasteiger partial charge in [0.25, 0.3) is 5.78 Å². The highest BCUT2D eigenvalue weighted by atomic mass is 35.5. The van der Waals surface area contributed by atoms with Crippen molar-refractivity contribution in [1.82, 2.24) is 10.2 Å². The largest absolute Gasteiger partial charge is 0.507 e. The highest BCUT2D eigenvalue weighted by Crippen LogP contribution is 2.44. The van der Waals surface area contributed by atoms with Crippen molar-refractivity contribution >= 4 is 57.3 Å². The molecule has 0 radical (unpaired) electrons. The summed E-state index contributed by atoms with van der Waals surface area (Å²) in [6.07, 6.45) is 0. The normalized spacial score (nSPS) is 16.7. The molecule has 0 bridgehead atoms. The Morgan fingerprint density at radius 2 is 1.87 bits per heavy atom. The molecule has 1 N–H and O–H groups in total. The molecule has 1 aromatic heterocycles. The van der Waals surface area contributed by atoms with Gasteiger partial charge in [0, 0.05) is 16.3 Å². The summed E-state index contributed by atoms with van der Waals surface area (Å²) in [7, 11) is 1.50. The summed E-state index contributed by atoms with van der Waals surface area (Å²) in [6.45, 7) is 0. The highest BCUT2D eigenvalue weighted by molar-refractivity contribution is 8.00. The zero-order valence-corrected chi connectivity index (χ0v) is 22.2. The summed E-state index contributed by atoms with van der Waals surface area (Å²) in [5.74, 6) is -1.63. The number of rotatable bonds is 7. The Balaban J connectivity index is 1.56. The van der Waals surface area contributed by atoms with E-state index in [0.717, 1.165) is 16.9 Å². The van der Waals surface area contributed by atoms with Gasteiger partial charge in [-0.1, -0.05) is 65.0 Å². The maximum absolute atomic E-state index is 13.5. The summed E-state index contributed by atoms with van der Waals surface area (Å²) in [5.41, 5.74) is 1.50. The molecule has 5 rings (SSSR count). The van der Waals surface area contributed by atoms with Crippen LogP contribution >= 0.6 is 34.7 Å².